The van der Waals surface area contributed by atoms with Crippen molar-refractivity contribution in [3.63, 3.8) is 0 Å². The molecule has 0 bridgehead atoms. The van der Waals surface area contributed by atoms with Gasteiger partial charge in [0.05, 0.1) is 0 Å². The molecule has 0 aromatic heterocycles. The molecule has 0 nitrogen and oxygen atoms in total. The van der Waals surface area contributed by atoms with Gasteiger partial charge in [-0.3, -0.25) is 0 Å². The number of hydrogen-bond acceptors (Lipinski definition) is 0. The van der Waals surface area contributed by atoms with Crippen LogP contribution in [0, 0.1) is 19.8 Å². The Kier molecular flexibility index (Phi) is 5.76. The molecule has 0 amide bonds. The number of halogens is 1. The molecule has 1 aromatic rings. The van der Waals surface area contributed by atoms with Crippen LogP contribution in [0.3, 0.4) is 0 Å². The monoisotopic (exact) mass is 278 g/mol. The minimum Gasteiger partial charge on any atom is -0.122 e. The van der Waals surface area contributed by atoms with Crippen LogP contribution < -0.4 is 0 Å². The smallest absolute Gasteiger partial charge is 0.0404 e. The molecule has 1 heteroatoms. The van der Waals surface area contributed by atoms with Crippen LogP contribution in [-0.4, -0.2) is 5.38 Å². The van der Waals surface area contributed by atoms with Gasteiger partial charge in [-0.25, -0.2) is 0 Å². The summed E-state index contributed by atoms with van der Waals surface area (Å²) in [5.74, 6) is 0.724. The van der Waals surface area contributed by atoms with Crippen molar-refractivity contribution in [3.05, 3.63) is 34.9 Å². The Hall–Kier alpha value is -0.490. The summed E-state index contributed by atoms with van der Waals surface area (Å²) in [7, 11) is 0. The molecule has 0 heterocycles. The zero-order chi connectivity index (χ0) is 13.7. The largest absolute Gasteiger partial charge is 0.122 e. The molecule has 1 saturated carbocycles. The van der Waals surface area contributed by atoms with Gasteiger partial charge >= 0.3 is 0 Å². The fourth-order valence-corrected chi connectivity index (χ4v) is 3.66. The summed E-state index contributed by atoms with van der Waals surface area (Å²) in [5.41, 5.74) is 4.19. The van der Waals surface area contributed by atoms with Gasteiger partial charge in [0, 0.05) is 5.38 Å². The molecule has 1 unspecified atom stereocenters. The predicted octanol–water partition coefficient (Wildman–Crippen LogP) is 5.81. The molecular formula is C18H27Cl. The van der Waals surface area contributed by atoms with Crippen LogP contribution in [0.1, 0.15) is 61.6 Å². The average Bonchev–Trinajstić information content (AvgIpc) is 2.33. The van der Waals surface area contributed by atoms with Gasteiger partial charge in [-0.2, -0.15) is 0 Å². The first-order valence-corrected chi connectivity index (χ1v) is 8.30. The van der Waals surface area contributed by atoms with Crippen LogP contribution in [0.4, 0.5) is 0 Å². The number of rotatable bonds is 3. The standard InChI is InChI=1S/C18H27Cl/c1-14-10-11-15(2)17(12-14)13-18(19)16-8-6-4-3-5-7-9-16/h10-12,16,18H,3-9,13H2,1-2H3. The number of hydrogen-bond donors (Lipinski definition) is 0. The number of benzene rings is 1. The third kappa shape index (κ3) is 4.53. The topological polar surface area (TPSA) is 0 Å². The van der Waals surface area contributed by atoms with E-state index >= 15 is 0 Å². The number of aryl methyl sites for hydroxylation is 2. The molecule has 0 N–H and O–H groups in total. The molecule has 106 valence electrons. The highest BCUT2D eigenvalue weighted by Gasteiger charge is 2.21. The van der Waals surface area contributed by atoms with Crippen LogP contribution in [0.2, 0.25) is 0 Å². The second kappa shape index (κ2) is 7.33. The van der Waals surface area contributed by atoms with Gasteiger partial charge in [-0.15, -0.1) is 11.6 Å². The van der Waals surface area contributed by atoms with Gasteiger partial charge in [0.2, 0.25) is 0 Å². The first-order valence-electron chi connectivity index (χ1n) is 7.87. The molecule has 0 saturated heterocycles. The first-order chi connectivity index (χ1) is 9.16. The molecule has 0 spiro atoms. The van der Waals surface area contributed by atoms with Crippen molar-refractivity contribution >= 4 is 11.6 Å². The summed E-state index contributed by atoms with van der Waals surface area (Å²) in [6.07, 6.45) is 10.7. The van der Waals surface area contributed by atoms with Crippen LogP contribution in [0.25, 0.3) is 0 Å². The van der Waals surface area contributed by atoms with Gasteiger partial charge < -0.3 is 0 Å². The second-order valence-electron chi connectivity index (χ2n) is 6.26. The van der Waals surface area contributed by atoms with Crippen molar-refractivity contribution in [2.24, 2.45) is 5.92 Å². The molecule has 0 aliphatic heterocycles. The lowest BCUT2D eigenvalue weighted by atomic mass is 9.86. The van der Waals surface area contributed by atoms with E-state index in [0.717, 1.165) is 12.3 Å². The lowest BCUT2D eigenvalue weighted by Gasteiger charge is -2.25. The minimum atomic E-state index is 0.318. The minimum absolute atomic E-state index is 0.318. The van der Waals surface area contributed by atoms with Crippen molar-refractivity contribution in [1.29, 1.82) is 0 Å². The quantitative estimate of drug-likeness (QED) is 0.612. The van der Waals surface area contributed by atoms with Crippen molar-refractivity contribution in [2.75, 3.05) is 0 Å². The molecule has 19 heavy (non-hydrogen) atoms. The van der Waals surface area contributed by atoms with E-state index in [1.807, 2.05) is 0 Å². The normalized spacial score (nSPS) is 19.7. The Morgan fingerprint density at radius 2 is 1.68 bits per heavy atom. The molecule has 2 rings (SSSR count). The maximum Gasteiger partial charge on any atom is 0.0404 e. The Bertz CT molecular complexity index is 389. The van der Waals surface area contributed by atoms with Crippen molar-refractivity contribution in [1.82, 2.24) is 0 Å². The summed E-state index contributed by atoms with van der Waals surface area (Å²) in [6, 6.07) is 6.73. The van der Waals surface area contributed by atoms with E-state index in [0.29, 0.717) is 5.38 Å². The molecule has 1 aliphatic carbocycles. The van der Waals surface area contributed by atoms with Gasteiger partial charge in [-0.1, -0.05) is 55.9 Å². The molecule has 0 radical (unpaired) electrons. The van der Waals surface area contributed by atoms with Crippen LogP contribution in [0.5, 0.6) is 0 Å². The zero-order valence-electron chi connectivity index (χ0n) is 12.4. The summed E-state index contributed by atoms with van der Waals surface area (Å²) in [4.78, 5) is 0. The average molecular weight is 279 g/mol. The Morgan fingerprint density at radius 3 is 2.37 bits per heavy atom. The Balaban J connectivity index is 1.98. The van der Waals surface area contributed by atoms with Gasteiger partial charge in [-0.05, 0) is 50.2 Å². The van der Waals surface area contributed by atoms with Crippen molar-refractivity contribution in [2.45, 2.75) is 70.6 Å². The van der Waals surface area contributed by atoms with E-state index in [2.05, 4.69) is 32.0 Å². The van der Waals surface area contributed by atoms with Crippen LogP contribution in [-0.2, 0) is 6.42 Å². The maximum absolute atomic E-state index is 6.74. The summed E-state index contributed by atoms with van der Waals surface area (Å²) in [6.45, 7) is 4.37. The van der Waals surface area contributed by atoms with E-state index in [1.165, 1.54) is 61.6 Å². The van der Waals surface area contributed by atoms with Gasteiger partial charge in [0.1, 0.15) is 0 Å². The van der Waals surface area contributed by atoms with E-state index in [9.17, 15) is 0 Å². The Labute approximate surface area is 123 Å². The third-order valence-corrected chi connectivity index (χ3v) is 5.09. The predicted molar refractivity (Wildman–Crippen MR) is 85.1 cm³/mol. The van der Waals surface area contributed by atoms with E-state index in [4.69, 9.17) is 11.6 Å². The molecule has 1 atom stereocenters. The van der Waals surface area contributed by atoms with Crippen molar-refractivity contribution < 1.29 is 0 Å². The highest BCUT2D eigenvalue weighted by atomic mass is 35.5. The Morgan fingerprint density at radius 1 is 1.05 bits per heavy atom. The highest BCUT2D eigenvalue weighted by Crippen LogP contribution is 2.30. The molecule has 1 aromatic carbocycles. The SMILES string of the molecule is Cc1ccc(C)c(CC(Cl)C2CCCCCCC2)c1. The van der Waals surface area contributed by atoms with Crippen LogP contribution >= 0.6 is 11.6 Å². The third-order valence-electron chi connectivity index (χ3n) is 4.58. The lowest BCUT2D eigenvalue weighted by Crippen LogP contribution is -2.19. The highest BCUT2D eigenvalue weighted by molar-refractivity contribution is 6.20. The molecule has 1 fully saturated rings. The fraction of sp³-hybridized carbons (Fsp3) is 0.667. The van der Waals surface area contributed by atoms with E-state index in [-0.39, 0.29) is 0 Å². The summed E-state index contributed by atoms with van der Waals surface area (Å²) in [5, 5.41) is 0.318. The second-order valence-corrected chi connectivity index (χ2v) is 6.82. The van der Waals surface area contributed by atoms with Crippen LogP contribution in [0.15, 0.2) is 18.2 Å². The van der Waals surface area contributed by atoms with Gasteiger partial charge in [0.15, 0.2) is 0 Å². The lowest BCUT2D eigenvalue weighted by molar-refractivity contribution is 0.363. The summed E-state index contributed by atoms with van der Waals surface area (Å²) < 4.78 is 0. The zero-order valence-corrected chi connectivity index (χ0v) is 13.2. The summed E-state index contributed by atoms with van der Waals surface area (Å²) >= 11 is 6.74. The fourth-order valence-electron chi connectivity index (χ4n) is 3.25. The van der Waals surface area contributed by atoms with Crippen molar-refractivity contribution in [3.8, 4) is 0 Å². The molecular weight excluding hydrogens is 252 g/mol. The number of alkyl halides is 1. The molecule has 1 aliphatic rings. The first kappa shape index (κ1) is 14.9. The van der Waals surface area contributed by atoms with E-state index < -0.39 is 0 Å². The van der Waals surface area contributed by atoms with Gasteiger partial charge in [0.25, 0.3) is 0 Å². The maximum atomic E-state index is 6.74. The van der Waals surface area contributed by atoms with E-state index in [1.54, 1.807) is 0 Å².